The molecule has 0 saturated heterocycles. The maximum Gasteiger partial charge on any atom is 0.238 e. The van der Waals surface area contributed by atoms with Gasteiger partial charge in [-0.2, -0.15) is 0 Å². The van der Waals surface area contributed by atoms with Crippen LogP contribution >= 0.6 is 23.2 Å². The first-order valence-corrected chi connectivity index (χ1v) is 8.32. The minimum atomic E-state index is -0.569. The summed E-state index contributed by atoms with van der Waals surface area (Å²) in [7, 11) is 0. The minimum Gasteiger partial charge on any atom is -0.325 e. The zero-order chi connectivity index (χ0) is 18.6. The number of hydrogen-bond donors (Lipinski definition) is 2. The standard InChI is InChI=1S/C18H17Cl2FN2O2/c1-10(14-7-17(21)16(20)8-15(14)19)22-9-18(25)23-13-5-3-4-12(6-13)11(2)24/h3-8,10,22H,9H2,1-2H3,(H,23,25)/t10-/m1/s1. The molecule has 132 valence electrons. The van der Waals surface area contributed by atoms with Crippen molar-refractivity contribution in [2.75, 3.05) is 11.9 Å². The average Bonchev–Trinajstić information content (AvgIpc) is 2.56. The first-order chi connectivity index (χ1) is 11.8. The van der Waals surface area contributed by atoms with E-state index in [0.717, 1.165) is 0 Å². The van der Waals surface area contributed by atoms with E-state index in [2.05, 4.69) is 10.6 Å². The van der Waals surface area contributed by atoms with Crippen LogP contribution in [0.15, 0.2) is 36.4 Å². The summed E-state index contributed by atoms with van der Waals surface area (Å²) in [5.74, 6) is -0.944. The molecule has 0 aromatic heterocycles. The van der Waals surface area contributed by atoms with E-state index in [9.17, 15) is 14.0 Å². The number of nitrogens with one attached hydrogen (secondary N) is 2. The van der Waals surface area contributed by atoms with Crippen LogP contribution in [0.3, 0.4) is 0 Å². The lowest BCUT2D eigenvalue weighted by atomic mass is 10.1. The molecule has 2 aromatic carbocycles. The van der Waals surface area contributed by atoms with Crippen molar-refractivity contribution in [2.24, 2.45) is 0 Å². The third-order valence-corrected chi connectivity index (χ3v) is 4.24. The molecule has 0 saturated carbocycles. The second-order valence-electron chi connectivity index (χ2n) is 5.58. The van der Waals surface area contributed by atoms with Gasteiger partial charge in [-0.15, -0.1) is 0 Å². The smallest absolute Gasteiger partial charge is 0.238 e. The predicted octanol–water partition coefficient (Wildman–Crippen LogP) is 4.62. The van der Waals surface area contributed by atoms with Crippen molar-refractivity contribution in [3.63, 3.8) is 0 Å². The molecule has 2 rings (SSSR count). The van der Waals surface area contributed by atoms with Gasteiger partial charge in [0.15, 0.2) is 5.78 Å². The Balaban J connectivity index is 1.97. The molecule has 0 aliphatic heterocycles. The Morgan fingerprint density at radius 3 is 2.56 bits per heavy atom. The Morgan fingerprint density at radius 1 is 1.16 bits per heavy atom. The highest BCUT2D eigenvalue weighted by Gasteiger charge is 2.14. The molecule has 0 heterocycles. The van der Waals surface area contributed by atoms with Crippen LogP contribution in [0.2, 0.25) is 10.0 Å². The summed E-state index contributed by atoms with van der Waals surface area (Å²) < 4.78 is 13.6. The van der Waals surface area contributed by atoms with Crippen LogP contribution in [0, 0.1) is 5.82 Å². The molecule has 0 aliphatic rings. The molecule has 0 radical (unpaired) electrons. The van der Waals surface area contributed by atoms with Crippen molar-refractivity contribution in [2.45, 2.75) is 19.9 Å². The zero-order valence-electron chi connectivity index (χ0n) is 13.7. The van der Waals surface area contributed by atoms with Crippen LogP contribution < -0.4 is 10.6 Å². The Labute approximate surface area is 155 Å². The fourth-order valence-corrected chi connectivity index (χ4v) is 2.79. The molecule has 0 aliphatic carbocycles. The van der Waals surface area contributed by atoms with E-state index in [1.165, 1.54) is 19.1 Å². The highest BCUT2D eigenvalue weighted by molar-refractivity contribution is 6.35. The number of amides is 1. The van der Waals surface area contributed by atoms with Gasteiger partial charge in [0.25, 0.3) is 0 Å². The Bertz CT molecular complexity index is 812. The van der Waals surface area contributed by atoms with Gasteiger partial charge in [0.05, 0.1) is 11.6 Å². The number of benzene rings is 2. The van der Waals surface area contributed by atoms with Gasteiger partial charge in [0.1, 0.15) is 5.82 Å². The summed E-state index contributed by atoms with van der Waals surface area (Å²) >= 11 is 11.7. The summed E-state index contributed by atoms with van der Waals surface area (Å²) in [6.45, 7) is 3.21. The minimum absolute atomic E-state index is 0.00790. The number of hydrogen-bond acceptors (Lipinski definition) is 3. The Hall–Kier alpha value is -1.95. The summed E-state index contributed by atoms with van der Waals surface area (Å²) in [6.07, 6.45) is 0. The van der Waals surface area contributed by atoms with Gasteiger partial charge in [0.2, 0.25) is 5.91 Å². The average molecular weight is 383 g/mol. The van der Waals surface area contributed by atoms with Crippen LogP contribution in [0.4, 0.5) is 10.1 Å². The maximum atomic E-state index is 13.6. The molecule has 1 atom stereocenters. The molecule has 0 fully saturated rings. The molecule has 25 heavy (non-hydrogen) atoms. The van der Waals surface area contributed by atoms with Crippen molar-refractivity contribution in [1.29, 1.82) is 0 Å². The molecule has 2 N–H and O–H groups in total. The number of carbonyl (C=O) groups is 2. The molecule has 0 unspecified atom stereocenters. The Kier molecular flexibility index (Phi) is 6.53. The molecule has 7 heteroatoms. The van der Waals surface area contributed by atoms with E-state index < -0.39 is 5.82 Å². The second-order valence-corrected chi connectivity index (χ2v) is 6.39. The van der Waals surface area contributed by atoms with Gasteiger partial charge in [-0.1, -0.05) is 35.3 Å². The first-order valence-electron chi connectivity index (χ1n) is 7.56. The topological polar surface area (TPSA) is 58.2 Å². The monoisotopic (exact) mass is 382 g/mol. The number of Topliss-reactive ketones (excluding diaryl/α,β-unsaturated/α-hetero) is 1. The van der Waals surface area contributed by atoms with E-state index in [-0.39, 0.29) is 29.3 Å². The molecule has 0 bridgehead atoms. The van der Waals surface area contributed by atoms with Crippen molar-refractivity contribution in [1.82, 2.24) is 5.32 Å². The van der Waals surface area contributed by atoms with E-state index in [0.29, 0.717) is 21.8 Å². The van der Waals surface area contributed by atoms with Crippen molar-refractivity contribution in [3.8, 4) is 0 Å². The van der Waals surface area contributed by atoms with Gasteiger partial charge in [-0.25, -0.2) is 4.39 Å². The third-order valence-electron chi connectivity index (χ3n) is 3.63. The SMILES string of the molecule is CC(=O)c1cccc(NC(=O)CN[C@H](C)c2cc(F)c(Cl)cc2Cl)c1. The molecular formula is C18H17Cl2FN2O2. The normalized spacial score (nSPS) is 11.9. The van der Waals surface area contributed by atoms with E-state index in [1.807, 2.05) is 0 Å². The lowest BCUT2D eigenvalue weighted by Gasteiger charge is -2.16. The third kappa shape index (κ3) is 5.26. The number of halogens is 3. The summed E-state index contributed by atoms with van der Waals surface area (Å²) in [4.78, 5) is 23.4. The van der Waals surface area contributed by atoms with E-state index in [1.54, 1.807) is 31.2 Å². The fourth-order valence-electron chi connectivity index (χ4n) is 2.25. The molecule has 0 spiro atoms. The summed E-state index contributed by atoms with van der Waals surface area (Å²) in [5, 5.41) is 5.94. The van der Waals surface area contributed by atoms with Crippen LogP contribution in [0.25, 0.3) is 0 Å². The number of ketones is 1. The van der Waals surface area contributed by atoms with Crippen LogP contribution in [0.5, 0.6) is 0 Å². The van der Waals surface area contributed by atoms with Crippen molar-refractivity contribution < 1.29 is 14.0 Å². The lowest BCUT2D eigenvalue weighted by molar-refractivity contribution is -0.115. The largest absolute Gasteiger partial charge is 0.325 e. The number of rotatable bonds is 6. The number of carbonyl (C=O) groups excluding carboxylic acids is 2. The van der Waals surface area contributed by atoms with Crippen molar-refractivity contribution in [3.05, 3.63) is 63.4 Å². The first kappa shape index (κ1) is 19.4. The van der Waals surface area contributed by atoms with Gasteiger partial charge in [-0.05, 0) is 43.7 Å². The van der Waals surface area contributed by atoms with Gasteiger partial charge >= 0.3 is 0 Å². The van der Waals surface area contributed by atoms with E-state index in [4.69, 9.17) is 23.2 Å². The van der Waals surface area contributed by atoms with Crippen LogP contribution in [-0.4, -0.2) is 18.2 Å². The number of anilines is 1. The van der Waals surface area contributed by atoms with E-state index >= 15 is 0 Å². The lowest BCUT2D eigenvalue weighted by Crippen LogP contribution is -2.30. The summed E-state index contributed by atoms with van der Waals surface area (Å²) in [6, 6.07) is 8.90. The Morgan fingerprint density at radius 2 is 1.88 bits per heavy atom. The highest BCUT2D eigenvalue weighted by Crippen LogP contribution is 2.28. The quantitative estimate of drug-likeness (QED) is 0.565. The molecule has 1 amide bonds. The van der Waals surface area contributed by atoms with Gasteiger partial charge < -0.3 is 10.6 Å². The molecule has 2 aromatic rings. The fraction of sp³-hybridized carbons (Fsp3) is 0.222. The van der Waals surface area contributed by atoms with Gasteiger partial charge in [0, 0.05) is 22.3 Å². The zero-order valence-corrected chi connectivity index (χ0v) is 15.2. The molecule has 4 nitrogen and oxygen atoms in total. The van der Waals surface area contributed by atoms with Crippen LogP contribution in [0.1, 0.15) is 35.8 Å². The van der Waals surface area contributed by atoms with Crippen LogP contribution in [-0.2, 0) is 4.79 Å². The molecular weight excluding hydrogens is 366 g/mol. The highest BCUT2D eigenvalue weighted by atomic mass is 35.5. The van der Waals surface area contributed by atoms with Crippen molar-refractivity contribution >= 4 is 40.6 Å². The predicted molar refractivity (Wildman–Crippen MR) is 97.9 cm³/mol. The van der Waals surface area contributed by atoms with Gasteiger partial charge in [-0.3, -0.25) is 9.59 Å². The maximum absolute atomic E-state index is 13.6. The summed E-state index contributed by atoms with van der Waals surface area (Å²) in [5.41, 5.74) is 1.56. The second kappa shape index (κ2) is 8.43.